The van der Waals surface area contributed by atoms with Crippen LogP contribution in [0.3, 0.4) is 0 Å². The number of nitrogens with zero attached hydrogens (tertiary/aromatic N) is 2. The van der Waals surface area contributed by atoms with Crippen molar-refractivity contribution >= 4 is 33.0 Å². The van der Waals surface area contributed by atoms with Crippen molar-refractivity contribution in [3.63, 3.8) is 0 Å². The Morgan fingerprint density at radius 2 is 1.92 bits per heavy atom. The zero-order valence-corrected chi connectivity index (χ0v) is 14.0. The van der Waals surface area contributed by atoms with Gasteiger partial charge in [-0.2, -0.15) is 10.2 Å². The first-order chi connectivity index (χ1) is 12.3. The molecule has 6 heteroatoms. The summed E-state index contributed by atoms with van der Waals surface area (Å²) < 4.78 is 5.84. The van der Waals surface area contributed by atoms with Crippen molar-refractivity contribution in [2.75, 3.05) is 17.3 Å². The molecule has 2 aromatic carbocycles. The van der Waals surface area contributed by atoms with E-state index in [4.69, 9.17) is 4.42 Å². The third kappa shape index (κ3) is 3.05. The Kier molecular flexibility index (Phi) is 4.07. The van der Waals surface area contributed by atoms with E-state index >= 15 is 0 Å². The summed E-state index contributed by atoms with van der Waals surface area (Å²) in [5.74, 6) is 0.807. The Hall–Kier alpha value is -3.30. The summed E-state index contributed by atoms with van der Waals surface area (Å²) in [6, 6.07) is 20.0. The molecule has 2 aromatic heterocycles. The molecule has 0 spiro atoms. The van der Waals surface area contributed by atoms with Crippen LogP contribution in [0.15, 0.2) is 64.4 Å². The maximum absolute atomic E-state index is 9.34. The molecule has 5 nitrogen and oxygen atoms in total. The van der Waals surface area contributed by atoms with Crippen LogP contribution < -0.4 is 10.6 Å². The van der Waals surface area contributed by atoms with Crippen LogP contribution in [0.25, 0.3) is 22.2 Å². The molecule has 2 heterocycles. The van der Waals surface area contributed by atoms with Crippen LogP contribution in [0.1, 0.15) is 5.69 Å². The molecule has 0 aliphatic carbocycles. The number of fused-ring (bicyclic) bond motifs is 1. The molecule has 0 amide bonds. The lowest BCUT2D eigenvalue weighted by atomic mass is 10.0. The standard InChI is InChI=1S/C19H14N4OS/c20-11-16-19(22-12-21-17-9-4-10-25-17)24-18(23-16)15-8-3-6-13-5-1-2-7-14(13)15/h1-10,21-22H,12H2. The highest BCUT2D eigenvalue weighted by atomic mass is 32.1. The predicted molar refractivity (Wildman–Crippen MR) is 101 cm³/mol. The average Bonchev–Trinajstić information content (AvgIpc) is 3.31. The van der Waals surface area contributed by atoms with E-state index in [1.54, 1.807) is 11.3 Å². The third-order valence-electron chi connectivity index (χ3n) is 3.79. The van der Waals surface area contributed by atoms with Gasteiger partial charge in [-0.05, 0) is 34.4 Å². The second kappa shape index (κ2) is 6.67. The number of anilines is 2. The summed E-state index contributed by atoms with van der Waals surface area (Å²) in [4.78, 5) is 4.35. The number of rotatable bonds is 5. The summed E-state index contributed by atoms with van der Waals surface area (Å²) in [6.45, 7) is 0.444. The fourth-order valence-corrected chi connectivity index (χ4v) is 3.25. The maximum atomic E-state index is 9.34. The lowest BCUT2D eigenvalue weighted by Gasteiger charge is -2.05. The van der Waals surface area contributed by atoms with Gasteiger partial charge in [0, 0.05) is 5.56 Å². The number of hydrogen-bond acceptors (Lipinski definition) is 6. The zero-order valence-electron chi connectivity index (χ0n) is 13.2. The van der Waals surface area contributed by atoms with Gasteiger partial charge in [0.15, 0.2) is 0 Å². The monoisotopic (exact) mass is 346 g/mol. The average molecular weight is 346 g/mol. The lowest BCUT2D eigenvalue weighted by molar-refractivity contribution is 0.587. The second-order valence-electron chi connectivity index (χ2n) is 5.34. The molecular weight excluding hydrogens is 332 g/mol. The van der Waals surface area contributed by atoms with E-state index in [0.29, 0.717) is 18.4 Å². The lowest BCUT2D eigenvalue weighted by Crippen LogP contribution is -2.10. The number of aromatic nitrogens is 1. The minimum absolute atomic E-state index is 0.246. The topological polar surface area (TPSA) is 73.9 Å². The number of oxazole rings is 1. The number of hydrogen-bond donors (Lipinski definition) is 2. The highest BCUT2D eigenvalue weighted by Gasteiger charge is 2.15. The van der Waals surface area contributed by atoms with Crippen LogP contribution in [-0.4, -0.2) is 11.7 Å². The summed E-state index contributed by atoms with van der Waals surface area (Å²) in [5.41, 5.74) is 1.12. The van der Waals surface area contributed by atoms with Gasteiger partial charge in [-0.1, -0.05) is 36.4 Å². The summed E-state index contributed by atoms with van der Waals surface area (Å²) in [5, 5.41) is 20.8. The molecule has 0 radical (unpaired) electrons. The first-order valence-corrected chi connectivity index (χ1v) is 8.63. The van der Waals surface area contributed by atoms with E-state index in [1.165, 1.54) is 0 Å². The maximum Gasteiger partial charge on any atom is 0.233 e. The van der Waals surface area contributed by atoms with Gasteiger partial charge in [0.2, 0.25) is 17.5 Å². The molecular formula is C19H14N4OS. The fraction of sp³-hybridized carbons (Fsp3) is 0.0526. The van der Waals surface area contributed by atoms with Crippen molar-refractivity contribution in [1.29, 1.82) is 5.26 Å². The Labute approximate surface area is 148 Å². The van der Waals surface area contributed by atoms with Crippen molar-refractivity contribution < 1.29 is 4.42 Å². The minimum Gasteiger partial charge on any atom is -0.419 e. The van der Waals surface area contributed by atoms with Gasteiger partial charge < -0.3 is 15.1 Å². The Bertz CT molecular complexity index is 1040. The van der Waals surface area contributed by atoms with Crippen LogP contribution in [0, 0.1) is 11.3 Å². The van der Waals surface area contributed by atoms with Gasteiger partial charge in [0.05, 0.1) is 11.7 Å². The summed E-state index contributed by atoms with van der Waals surface area (Å²) >= 11 is 1.61. The molecule has 0 saturated heterocycles. The number of nitriles is 1. The van der Waals surface area contributed by atoms with Crippen molar-refractivity contribution in [2.45, 2.75) is 0 Å². The molecule has 0 fully saturated rings. The smallest absolute Gasteiger partial charge is 0.233 e. The molecule has 0 aliphatic rings. The van der Waals surface area contributed by atoms with Crippen molar-refractivity contribution in [2.24, 2.45) is 0 Å². The van der Waals surface area contributed by atoms with Crippen molar-refractivity contribution in [1.82, 2.24) is 4.98 Å². The van der Waals surface area contributed by atoms with Gasteiger partial charge in [-0.25, -0.2) is 0 Å². The molecule has 0 saturated carbocycles. The largest absolute Gasteiger partial charge is 0.419 e. The van der Waals surface area contributed by atoms with Crippen molar-refractivity contribution in [3.8, 4) is 17.5 Å². The molecule has 0 bridgehead atoms. The summed E-state index contributed by atoms with van der Waals surface area (Å²) in [7, 11) is 0. The van der Waals surface area contributed by atoms with Crippen LogP contribution in [0.5, 0.6) is 0 Å². The molecule has 25 heavy (non-hydrogen) atoms. The van der Waals surface area contributed by atoms with Crippen LogP contribution in [0.2, 0.25) is 0 Å². The van der Waals surface area contributed by atoms with Gasteiger partial charge in [-0.15, -0.1) is 11.3 Å². The van der Waals surface area contributed by atoms with Crippen LogP contribution in [-0.2, 0) is 0 Å². The van der Waals surface area contributed by atoms with Gasteiger partial charge in [0.25, 0.3) is 0 Å². The molecule has 122 valence electrons. The van der Waals surface area contributed by atoms with E-state index in [-0.39, 0.29) is 5.69 Å². The van der Waals surface area contributed by atoms with Gasteiger partial charge in [-0.3, -0.25) is 0 Å². The quantitative estimate of drug-likeness (QED) is 0.502. The predicted octanol–water partition coefficient (Wildman–Crippen LogP) is 4.91. The van der Waals surface area contributed by atoms with E-state index < -0.39 is 0 Å². The highest BCUT2D eigenvalue weighted by molar-refractivity contribution is 7.14. The molecule has 4 rings (SSSR count). The number of nitrogens with one attached hydrogen (secondary N) is 2. The molecule has 4 aromatic rings. The van der Waals surface area contributed by atoms with E-state index in [2.05, 4.69) is 21.7 Å². The Morgan fingerprint density at radius 1 is 1.04 bits per heavy atom. The fourth-order valence-electron chi connectivity index (χ4n) is 2.63. The molecule has 0 atom stereocenters. The number of benzene rings is 2. The first kappa shape index (κ1) is 15.2. The SMILES string of the molecule is N#Cc1nc(-c2cccc3ccccc23)oc1NCNc1cccs1. The normalized spacial score (nSPS) is 10.5. The molecule has 2 N–H and O–H groups in total. The molecule has 0 unspecified atom stereocenters. The van der Waals surface area contributed by atoms with E-state index in [9.17, 15) is 5.26 Å². The summed E-state index contributed by atoms with van der Waals surface area (Å²) in [6.07, 6.45) is 0. The van der Waals surface area contributed by atoms with E-state index in [1.807, 2.05) is 60.0 Å². The Morgan fingerprint density at radius 3 is 2.76 bits per heavy atom. The number of thiophene rings is 1. The highest BCUT2D eigenvalue weighted by Crippen LogP contribution is 2.31. The van der Waals surface area contributed by atoms with E-state index in [0.717, 1.165) is 21.3 Å². The minimum atomic E-state index is 0.246. The van der Waals surface area contributed by atoms with Crippen molar-refractivity contribution in [3.05, 3.63) is 65.7 Å². The second-order valence-corrected chi connectivity index (χ2v) is 6.29. The third-order valence-corrected chi connectivity index (χ3v) is 4.61. The zero-order chi connectivity index (χ0) is 17.1. The Balaban J connectivity index is 1.63. The van der Waals surface area contributed by atoms with Crippen LogP contribution in [0.4, 0.5) is 10.9 Å². The molecule has 0 aliphatic heterocycles. The van der Waals surface area contributed by atoms with Crippen LogP contribution >= 0.6 is 11.3 Å². The van der Waals surface area contributed by atoms with Gasteiger partial charge >= 0.3 is 0 Å². The first-order valence-electron chi connectivity index (χ1n) is 7.75. The van der Waals surface area contributed by atoms with Gasteiger partial charge in [0.1, 0.15) is 6.07 Å².